The Labute approximate surface area is 141 Å². The van der Waals surface area contributed by atoms with E-state index in [2.05, 4.69) is 59.2 Å². The molecule has 2 aromatic carbocycles. The van der Waals surface area contributed by atoms with Gasteiger partial charge in [0.25, 0.3) is 0 Å². The molecule has 0 N–H and O–H groups in total. The van der Waals surface area contributed by atoms with Crippen LogP contribution in [0.25, 0.3) is 10.8 Å². The van der Waals surface area contributed by atoms with Gasteiger partial charge in [-0.05, 0) is 29.2 Å². The molecule has 0 amide bonds. The average molecular weight is 335 g/mol. The number of nitrogens with zero attached hydrogens (tertiary/aromatic N) is 2. The Morgan fingerprint density at radius 1 is 0.909 bits per heavy atom. The quantitative estimate of drug-likeness (QED) is 0.712. The van der Waals surface area contributed by atoms with Gasteiger partial charge in [0.1, 0.15) is 10.3 Å². The first-order valence-corrected chi connectivity index (χ1v) is 8.47. The Morgan fingerprint density at radius 2 is 1.59 bits per heavy atom. The first-order valence-electron chi connectivity index (χ1n) is 7.72. The molecule has 22 heavy (non-hydrogen) atoms. The van der Waals surface area contributed by atoms with Crippen LogP contribution < -0.4 is 0 Å². The fourth-order valence-electron chi connectivity index (χ4n) is 2.86. The summed E-state index contributed by atoms with van der Waals surface area (Å²) in [6, 6.07) is 15.1. The molecule has 0 radical (unpaired) electrons. The largest absolute Gasteiger partial charge is 0.342 e. The van der Waals surface area contributed by atoms with E-state index in [4.69, 9.17) is 23.2 Å². The maximum absolute atomic E-state index is 6.35. The van der Waals surface area contributed by atoms with Crippen LogP contribution in [0.5, 0.6) is 0 Å². The Kier molecular flexibility index (Phi) is 4.80. The van der Waals surface area contributed by atoms with Crippen molar-refractivity contribution in [3.63, 3.8) is 0 Å². The van der Waals surface area contributed by atoms with Crippen molar-refractivity contribution >= 4 is 34.0 Å². The van der Waals surface area contributed by atoms with Crippen molar-refractivity contribution in [3.8, 4) is 0 Å². The van der Waals surface area contributed by atoms with Crippen molar-refractivity contribution in [2.45, 2.75) is 19.8 Å². The Morgan fingerprint density at radius 3 is 2.32 bits per heavy atom. The number of benzene rings is 2. The minimum Gasteiger partial charge on any atom is -0.342 e. The van der Waals surface area contributed by atoms with Gasteiger partial charge >= 0.3 is 0 Å². The summed E-state index contributed by atoms with van der Waals surface area (Å²) in [5.74, 6) is 0. The SMILES string of the molecule is CCCN1CN(CCc2ccc3ccccc3c2)C(Cl)=C1Cl. The maximum Gasteiger partial charge on any atom is 0.141 e. The third-order valence-electron chi connectivity index (χ3n) is 4.04. The summed E-state index contributed by atoms with van der Waals surface area (Å²) in [5.41, 5.74) is 1.33. The first kappa shape index (κ1) is 15.5. The van der Waals surface area contributed by atoms with Gasteiger partial charge in [-0.25, -0.2) is 0 Å². The minimum atomic E-state index is 0.677. The van der Waals surface area contributed by atoms with E-state index in [9.17, 15) is 0 Å². The summed E-state index contributed by atoms with van der Waals surface area (Å²) in [7, 11) is 0. The number of hydrogen-bond donors (Lipinski definition) is 0. The zero-order valence-corrected chi connectivity index (χ0v) is 14.2. The molecule has 116 valence electrons. The molecule has 1 heterocycles. The second kappa shape index (κ2) is 6.80. The standard InChI is InChI=1S/C18H20Cl2N2/c1-2-10-21-13-22(18(20)17(21)19)11-9-14-7-8-15-5-3-4-6-16(15)12-14/h3-8,12H,2,9-11,13H2,1H3. The van der Waals surface area contributed by atoms with E-state index in [1.807, 2.05) is 0 Å². The molecule has 0 unspecified atom stereocenters. The number of fused-ring (bicyclic) bond motifs is 1. The number of rotatable bonds is 5. The molecule has 0 atom stereocenters. The summed E-state index contributed by atoms with van der Waals surface area (Å²) in [4.78, 5) is 4.28. The fraction of sp³-hybridized carbons (Fsp3) is 0.333. The Bertz CT molecular complexity index is 696. The molecule has 0 saturated heterocycles. The van der Waals surface area contributed by atoms with Gasteiger partial charge in [0.05, 0.1) is 6.67 Å². The third-order valence-corrected chi connectivity index (χ3v) is 4.98. The molecular formula is C18H20Cl2N2. The molecular weight excluding hydrogens is 315 g/mol. The van der Waals surface area contributed by atoms with Gasteiger partial charge in [0.15, 0.2) is 0 Å². The molecule has 0 aliphatic carbocycles. The zero-order valence-electron chi connectivity index (χ0n) is 12.7. The second-order valence-corrected chi connectivity index (χ2v) is 6.40. The molecule has 2 aromatic rings. The monoisotopic (exact) mass is 334 g/mol. The van der Waals surface area contributed by atoms with Gasteiger partial charge in [0.2, 0.25) is 0 Å². The van der Waals surface area contributed by atoms with Crippen molar-refractivity contribution in [2.24, 2.45) is 0 Å². The Balaban J connectivity index is 1.67. The molecule has 1 aliphatic heterocycles. The van der Waals surface area contributed by atoms with Crippen molar-refractivity contribution in [1.82, 2.24) is 9.80 Å². The van der Waals surface area contributed by atoms with E-state index in [1.165, 1.54) is 16.3 Å². The lowest BCUT2D eigenvalue weighted by atomic mass is 10.1. The number of halogens is 2. The molecule has 0 bridgehead atoms. The lowest BCUT2D eigenvalue weighted by Gasteiger charge is -2.22. The lowest BCUT2D eigenvalue weighted by molar-refractivity contribution is 0.260. The molecule has 1 aliphatic rings. The molecule has 4 heteroatoms. The highest BCUT2D eigenvalue weighted by Gasteiger charge is 2.25. The summed E-state index contributed by atoms with van der Waals surface area (Å²) < 4.78 is 0. The second-order valence-electron chi connectivity index (χ2n) is 5.68. The van der Waals surface area contributed by atoms with E-state index >= 15 is 0 Å². The van der Waals surface area contributed by atoms with Gasteiger partial charge in [-0.15, -0.1) is 0 Å². The van der Waals surface area contributed by atoms with Gasteiger partial charge < -0.3 is 9.80 Å². The van der Waals surface area contributed by atoms with Crippen molar-refractivity contribution in [3.05, 3.63) is 58.3 Å². The van der Waals surface area contributed by atoms with Crippen LogP contribution in [0.3, 0.4) is 0 Å². The van der Waals surface area contributed by atoms with E-state index in [-0.39, 0.29) is 0 Å². The van der Waals surface area contributed by atoms with Crippen molar-refractivity contribution in [1.29, 1.82) is 0 Å². The highest BCUT2D eigenvalue weighted by molar-refractivity contribution is 6.38. The van der Waals surface area contributed by atoms with Crippen LogP contribution >= 0.6 is 23.2 Å². The van der Waals surface area contributed by atoms with Crippen LogP contribution in [0.1, 0.15) is 18.9 Å². The van der Waals surface area contributed by atoms with Gasteiger partial charge in [-0.3, -0.25) is 0 Å². The van der Waals surface area contributed by atoms with Gasteiger partial charge in [-0.2, -0.15) is 0 Å². The fourth-order valence-corrected chi connectivity index (χ4v) is 3.37. The predicted octanol–water partition coefficient (Wildman–Crippen LogP) is 4.97. The van der Waals surface area contributed by atoms with Crippen LogP contribution in [0.15, 0.2) is 52.8 Å². The highest BCUT2D eigenvalue weighted by atomic mass is 35.5. The highest BCUT2D eigenvalue weighted by Crippen LogP contribution is 2.29. The predicted molar refractivity (Wildman–Crippen MR) is 95.0 cm³/mol. The average Bonchev–Trinajstić information content (AvgIpc) is 2.81. The van der Waals surface area contributed by atoms with Crippen molar-refractivity contribution < 1.29 is 0 Å². The lowest BCUT2D eigenvalue weighted by Crippen LogP contribution is -2.29. The van der Waals surface area contributed by atoms with Gasteiger partial charge in [-0.1, -0.05) is 72.6 Å². The molecule has 3 rings (SSSR count). The number of hydrogen-bond acceptors (Lipinski definition) is 2. The summed E-state index contributed by atoms with van der Waals surface area (Å²) in [6.07, 6.45) is 2.03. The molecule has 2 nitrogen and oxygen atoms in total. The third kappa shape index (κ3) is 3.18. The van der Waals surface area contributed by atoms with E-state index in [1.54, 1.807) is 0 Å². The zero-order chi connectivity index (χ0) is 15.5. The summed E-state index contributed by atoms with van der Waals surface area (Å²) in [5, 5.41) is 3.93. The van der Waals surface area contributed by atoms with E-state index < -0.39 is 0 Å². The molecule has 0 spiro atoms. The van der Waals surface area contributed by atoms with Crippen LogP contribution in [-0.2, 0) is 6.42 Å². The summed E-state index contributed by atoms with van der Waals surface area (Å²) >= 11 is 12.6. The molecule has 0 aromatic heterocycles. The minimum absolute atomic E-state index is 0.677. The maximum atomic E-state index is 6.35. The van der Waals surface area contributed by atoms with Crippen LogP contribution in [0.2, 0.25) is 0 Å². The van der Waals surface area contributed by atoms with Gasteiger partial charge in [0, 0.05) is 13.1 Å². The molecule has 0 fully saturated rings. The van der Waals surface area contributed by atoms with E-state index in [0.717, 1.165) is 32.6 Å². The van der Waals surface area contributed by atoms with Crippen LogP contribution in [-0.4, -0.2) is 29.6 Å². The van der Waals surface area contributed by atoms with Crippen molar-refractivity contribution in [2.75, 3.05) is 19.8 Å². The molecule has 0 saturated carbocycles. The van der Waals surface area contributed by atoms with Crippen LogP contribution in [0.4, 0.5) is 0 Å². The summed E-state index contributed by atoms with van der Waals surface area (Å²) in [6.45, 7) is 4.77. The topological polar surface area (TPSA) is 6.48 Å². The first-order chi connectivity index (χ1) is 10.7. The smallest absolute Gasteiger partial charge is 0.141 e. The normalized spacial score (nSPS) is 15.2. The van der Waals surface area contributed by atoms with Crippen LogP contribution in [0, 0.1) is 0 Å². The Hall–Kier alpha value is -1.38. The van der Waals surface area contributed by atoms with E-state index in [0.29, 0.717) is 10.3 Å².